The highest BCUT2D eigenvalue weighted by molar-refractivity contribution is 5.99. The molecule has 0 radical (unpaired) electrons. The molecule has 3 heterocycles. The Bertz CT molecular complexity index is 1140. The molecule has 0 spiro atoms. The lowest BCUT2D eigenvalue weighted by Gasteiger charge is -2.37. The van der Waals surface area contributed by atoms with E-state index in [1.165, 1.54) is 5.56 Å². The first-order chi connectivity index (χ1) is 17.6. The van der Waals surface area contributed by atoms with E-state index in [1.807, 2.05) is 35.2 Å². The minimum Gasteiger partial charge on any atom is -0.356 e. The average molecular weight is 484 g/mol. The summed E-state index contributed by atoms with van der Waals surface area (Å²) in [5.41, 5.74) is 2.98. The van der Waals surface area contributed by atoms with Crippen LogP contribution in [0.25, 0.3) is 11.4 Å². The Balaban J connectivity index is 1.35. The fourth-order valence-electron chi connectivity index (χ4n) is 5.53. The third-order valence-corrected chi connectivity index (χ3v) is 7.87. The molecule has 36 heavy (non-hydrogen) atoms. The number of nitrogens with zero attached hydrogens (tertiary/aromatic N) is 5. The van der Waals surface area contributed by atoms with E-state index in [0.29, 0.717) is 23.3 Å². The normalized spacial score (nSPS) is 17.8. The lowest BCUT2D eigenvalue weighted by Crippen LogP contribution is -2.44. The van der Waals surface area contributed by atoms with E-state index in [0.717, 1.165) is 69.7 Å². The second-order valence-electron chi connectivity index (χ2n) is 10.4. The smallest absolute Gasteiger partial charge is 0.259 e. The lowest BCUT2D eigenvalue weighted by molar-refractivity contribution is 0.0690. The number of benzene rings is 2. The van der Waals surface area contributed by atoms with Crippen molar-refractivity contribution in [3.05, 3.63) is 78.0 Å². The van der Waals surface area contributed by atoms with E-state index in [4.69, 9.17) is 4.98 Å². The first-order valence-electron chi connectivity index (χ1n) is 13.3. The fourth-order valence-corrected chi connectivity index (χ4v) is 5.53. The standard InChI is InChI=1S/C30H37N5O/c1-33-17-15-26(16-18-33)34(2)29-27(22-31-28(32-29)25-11-7-4-8-12-25)30(36)35-19-13-24(14-20-35)21-23-9-5-3-6-10-23/h3-12,22,24,26H,13-21H2,1-2H3. The highest BCUT2D eigenvalue weighted by atomic mass is 16.2. The molecular formula is C30H37N5O. The maximum absolute atomic E-state index is 13.8. The fraction of sp³-hybridized carbons (Fsp3) is 0.433. The summed E-state index contributed by atoms with van der Waals surface area (Å²) >= 11 is 0. The zero-order valence-electron chi connectivity index (χ0n) is 21.5. The number of carbonyl (C=O) groups excluding carboxylic acids is 1. The quantitative estimate of drug-likeness (QED) is 0.506. The molecule has 2 saturated heterocycles. The van der Waals surface area contributed by atoms with Gasteiger partial charge in [0.1, 0.15) is 11.4 Å². The van der Waals surface area contributed by atoms with Crippen LogP contribution in [0, 0.1) is 5.92 Å². The Kier molecular flexibility index (Phi) is 7.61. The molecule has 1 amide bonds. The summed E-state index contributed by atoms with van der Waals surface area (Å²) in [5, 5.41) is 0. The Hall–Kier alpha value is -3.25. The van der Waals surface area contributed by atoms with Crippen molar-refractivity contribution in [2.24, 2.45) is 5.92 Å². The van der Waals surface area contributed by atoms with Crippen LogP contribution >= 0.6 is 0 Å². The van der Waals surface area contributed by atoms with Gasteiger partial charge in [0.15, 0.2) is 5.82 Å². The van der Waals surface area contributed by atoms with Gasteiger partial charge in [-0.1, -0.05) is 60.7 Å². The molecule has 0 saturated carbocycles. The van der Waals surface area contributed by atoms with E-state index in [-0.39, 0.29) is 5.91 Å². The Morgan fingerprint density at radius 2 is 1.56 bits per heavy atom. The predicted molar refractivity (Wildman–Crippen MR) is 145 cm³/mol. The highest BCUT2D eigenvalue weighted by Crippen LogP contribution is 2.29. The van der Waals surface area contributed by atoms with Crippen molar-refractivity contribution in [3.8, 4) is 11.4 Å². The number of rotatable bonds is 6. The molecule has 0 aliphatic carbocycles. The van der Waals surface area contributed by atoms with E-state index in [2.05, 4.69) is 59.2 Å². The van der Waals surface area contributed by atoms with Gasteiger partial charge in [-0.2, -0.15) is 0 Å². The van der Waals surface area contributed by atoms with Gasteiger partial charge in [0.2, 0.25) is 0 Å². The van der Waals surface area contributed by atoms with E-state index in [9.17, 15) is 4.79 Å². The Labute approximate surface area is 215 Å². The molecule has 0 N–H and O–H groups in total. The number of aromatic nitrogens is 2. The molecule has 6 nitrogen and oxygen atoms in total. The van der Waals surface area contributed by atoms with Gasteiger partial charge < -0.3 is 14.7 Å². The van der Waals surface area contributed by atoms with Crippen molar-refractivity contribution in [2.75, 3.05) is 45.2 Å². The topological polar surface area (TPSA) is 52.6 Å². The van der Waals surface area contributed by atoms with Crippen molar-refractivity contribution >= 4 is 11.7 Å². The molecular weight excluding hydrogens is 446 g/mol. The number of likely N-dealkylation sites (tertiary alicyclic amines) is 2. The number of hydrogen-bond donors (Lipinski definition) is 0. The van der Waals surface area contributed by atoms with Gasteiger partial charge in [0.25, 0.3) is 5.91 Å². The summed E-state index contributed by atoms with van der Waals surface area (Å²) in [4.78, 5) is 30.0. The first kappa shape index (κ1) is 24.4. The molecule has 188 valence electrons. The van der Waals surface area contributed by atoms with Gasteiger partial charge in [0, 0.05) is 37.9 Å². The summed E-state index contributed by atoms with van der Waals surface area (Å²) in [7, 11) is 4.26. The molecule has 2 aliphatic heterocycles. The van der Waals surface area contributed by atoms with Crippen LogP contribution < -0.4 is 4.90 Å². The third kappa shape index (κ3) is 5.59. The molecule has 1 aromatic heterocycles. The number of carbonyl (C=O) groups is 1. The van der Waals surface area contributed by atoms with Crippen LogP contribution in [0.1, 0.15) is 41.6 Å². The third-order valence-electron chi connectivity index (χ3n) is 7.87. The molecule has 2 aliphatic rings. The zero-order chi connectivity index (χ0) is 24.9. The summed E-state index contributed by atoms with van der Waals surface area (Å²) in [6.07, 6.45) is 7.04. The molecule has 2 fully saturated rings. The Morgan fingerprint density at radius 1 is 0.917 bits per heavy atom. The van der Waals surface area contributed by atoms with Crippen molar-refractivity contribution in [1.29, 1.82) is 0 Å². The van der Waals surface area contributed by atoms with Gasteiger partial charge in [-0.3, -0.25) is 4.79 Å². The predicted octanol–water partition coefficient (Wildman–Crippen LogP) is 4.77. The maximum Gasteiger partial charge on any atom is 0.259 e. The molecule has 3 aromatic rings. The molecule has 5 rings (SSSR count). The van der Waals surface area contributed by atoms with Gasteiger partial charge >= 0.3 is 0 Å². The van der Waals surface area contributed by atoms with Crippen LogP contribution in [0.4, 0.5) is 5.82 Å². The second kappa shape index (κ2) is 11.2. The van der Waals surface area contributed by atoms with Gasteiger partial charge in [0.05, 0.1) is 0 Å². The molecule has 6 heteroatoms. The average Bonchev–Trinajstić information content (AvgIpc) is 2.94. The minimum absolute atomic E-state index is 0.0579. The van der Waals surface area contributed by atoms with Gasteiger partial charge in [-0.15, -0.1) is 0 Å². The van der Waals surface area contributed by atoms with Crippen LogP contribution in [0.15, 0.2) is 66.9 Å². The van der Waals surface area contributed by atoms with Crippen LogP contribution in [-0.4, -0.2) is 72.0 Å². The summed E-state index contributed by atoms with van der Waals surface area (Å²) < 4.78 is 0. The number of piperidine rings is 2. The highest BCUT2D eigenvalue weighted by Gasteiger charge is 2.30. The number of anilines is 1. The molecule has 0 unspecified atom stereocenters. The van der Waals surface area contributed by atoms with Crippen molar-refractivity contribution in [3.63, 3.8) is 0 Å². The van der Waals surface area contributed by atoms with E-state index < -0.39 is 0 Å². The van der Waals surface area contributed by atoms with Crippen molar-refractivity contribution in [2.45, 2.75) is 38.1 Å². The Morgan fingerprint density at radius 3 is 2.22 bits per heavy atom. The van der Waals surface area contributed by atoms with E-state index >= 15 is 0 Å². The van der Waals surface area contributed by atoms with Gasteiger partial charge in [-0.25, -0.2) is 9.97 Å². The van der Waals surface area contributed by atoms with Crippen molar-refractivity contribution < 1.29 is 4.79 Å². The second-order valence-corrected chi connectivity index (χ2v) is 10.4. The van der Waals surface area contributed by atoms with E-state index in [1.54, 1.807) is 6.20 Å². The monoisotopic (exact) mass is 483 g/mol. The molecule has 0 atom stereocenters. The number of hydrogen-bond acceptors (Lipinski definition) is 5. The number of amides is 1. The minimum atomic E-state index is 0.0579. The summed E-state index contributed by atoms with van der Waals surface area (Å²) in [5.74, 6) is 2.11. The van der Waals surface area contributed by atoms with Crippen LogP contribution in [0.2, 0.25) is 0 Å². The summed E-state index contributed by atoms with van der Waals surface area (Å²) in [6, 6.07) is 21.1. The van der Waals surface area contributed by atoms with Crippen LogP contribution in [0.5, 0.6) is 0 Å². The molecule has 0 bridgehead atoms. The van der Waals surface area contributed by atoms with Crippen LogP contribution in [-0.2, 0) is 6.42 Å². The molecule has 2 aromatic carbocycles. The SMILES string of the molecule is CN1CCC(N(C)c2nc(-c3ccccc3)ncc2C(=O)N2CCC(Cc3ccccc3)CC2)CC1. The zero-order valence-corrected chi connectivity index (χ0v) is 21.5. The largest absolute Gasteiger partial charge is 0.356 e. The van der Waals surface area contributed by atoms with Gasteiger partial charge in [-0.05, 0) is 63.7 Å². The van der Waals surface area contributed by atoms with Crippen LogP contribution in [0.3, 0.4) is 0 Å². The first-order valence-corrected chi connectivity index (χ1v) is 13.3. The summed E-state index contributed by atoms with van der Waals surface area (Å²) in [6.45, 7) is 3.69. The lowest BCUT2D eigenvalue weighted by atomic mass is 9.90. The maximum atomic E-state index is 13.8. The van der Waals surface area contributed by atoms with Crippen molar-refractivity contribution in [1.82, 2.24) is 19.8 Å².